The third-order valence-corrected chi connectivity index (χ3v) is 9.56. The van der Waals surface area contributed by atoms with Gasteiger partial charge in [-0.15, -0.1) is 0 Å². The Balaban J connectivity index is 2.37. The highest BCUT2D eigenvalue weighted by molar-refractivity contribution is 9.10. The number of rotatable bonds is 10. The highest BCUT2D eigenvalue weighted by Crippen LogP contribution is 2.53. The van der Waals surface area contributed by atoms with Crippen LogP contribution in [0.3, 0.4) is 0 Å². The van der Waals surface area contributed by atoms with Gasteiger partial charge < -0.3 is 19.5 Å². The molecule has 0 spiro atoms. The van der Waals surface area contributed by atoms with Crippen LogP contribution in [0.5, 0.6) is 11.5 Å². The SMILES string of the molecule is CC(C)=CCC[C@H](C)[C@H]1c2cc(C(=O)NCc3ccc(Br)cc3)c(OC(=O)C(C)(C)C)c(OC(=O)C(C)(C)C)c2[C@H](C)C[C@H]1OC(=O)C(C)(C)C. The molecule has 0 bridgehead atoms. The van der Waals surface area contributed by atoms with Gasteiger partial charge >= 0.3 is 17.9 Å². The topological polar surface area (TPSA) is 108 Å². The summed E-state index contributed by atoms with van der Waals surface area (Å²) < 4.78 is 19.6. The zero-order chi connectivity index (χ0) is 38.6. The molecule has 9 heteroatoms. The second kappa shape index (κ2) is 16.5. The minimum Gasteiger partial charge on any atom is -0.461 e. The van der Waals surface area contributed by atoms with E-state index < -0.39 is 40.2 Å². The molecule has 51 heavy (non-hydrogen) atoms. The van der Waals surface area contributed by atoms with Crippen LogP contribution in [0, 0.1) is 22.2 Å². The van der Waals surface area contributed by atoms with Crippen LogP contribution >= 0.6 is 15.9 Å². The van der Waals surface area contributed by atoms with E-state index in [1.807, 2.05) is 52.0 Å². The summed E-state index contributed by atoms with van der Waals surface area (Å²) in [6.07, 6.45) is 3.74. The number of carbonyl (C=O) groups excluding carboxylic acids is 4. The van der Waals surface area contributed by atoms with Crippen molar-refractivity contribution in [2.75, 3.05) is 0 Å². The van der Waals surface area contributed by atoms with E-state index in [4.69, 9.17) is 14.2 Å². The summed E-state index contributed by atoms with van der Waals surface area (Å²) >= 11 is 3.45. The lowest BCUT2D eigenvalue weighted by atomic mass is 9.68. The smallest absolute Gasteiger partial charge is 0.316 e. The summed E-state index contributed by atoms with van der Waals surface area (Å²) in [5, 5.41) is 2.99. The average Bonchev–Trinajstić information content (AvgIpc) is 2.99. The lowest BCUT2D eigenvalue weighted by molar-refractivity contribution is -0.161. The summed E-state index contributed by atoms with van der Waals surface area (Å²) in [7, 11) is 0. The highest BCUT2D eigenvalue weighted by atomic mass is 79.9. The molecular weight excluding hydrogens is 710 g/mol. The molecule has 8 nitrogen and oxygen atoms in total. The van der Waals surface area contributed by atoms with Crippen LogP contribution in [0.15, 0.2) is 46.5 Å². The first kappa shape index (κ1) is 42.0. The number of nitrogens with one attached hydrogen (secondary N) is 1. The second-order valence-corrected chi connectivity index (χ2v) is 18.3. The van der Waals surface area contributed by atoms with Crippen LogP contribution in [-0.4, -0.2) is 29.9 Å². The van der Waals surface area contributed by atoms with Crippen LogP contribution in [0.2, 0.25) is 0 Å². The molecule has 3 rings (SSSR count). The van der Waals surface area contributed by atoms with Crippen molar-refractivity contribution in [3.8, 4) is 11.5 Å². The van der Waals surface area contributed by atoms with Crippen molar-refractivity contribution in [1.29, 1.82) is 0 Å². The Morgan fingerprint density at radius 1 is 0.863 bits per heavy atom. The minimum absolute atomic E-state index is 0.00237. The third kappa shape index (κ3) is 11.0. The zero-order valence-electron chi connectivity index (χ0n) is 32.8. The number of esters is 3. The summed E-state index contributed by atoms with van der Waals surface area (Å²) in [6, 6.07) is 9.34. The molecule has 0 aromatic heterocycles. The van der Waals surface area contributed by atoms with Crippen LogP contribution < -0.4 is 14.8 Å². The van der Waals surface area contributed by atoms with E-state index in [9.17, 15) is 19.2 Å². The van der Waals surface area contributed by atoms with Crippen LogP contribution in [0.4, 0.5) is 0 Å². The fourth-order valence-corrected chi connectivity index (χ4v) is 6.20. The van der Waals surface area contributed by atoms with E-state index in [1.165, 1.54) is 5.57 Å². The number of fused-ring (bicyclic) bond motifs is 1. The van der Waals surface area contributed by atoms with Gasteiger partial charge in [-0.1, -0.05) is 53.6 Å². The lowest BCUT2D eigenvalue weighted by Gasteiger charge is -2.41. The van der Waals surface area contributed by atoms with E-state index >= 15 is 0 Å². The van der Waals surface area contributed by atoms with E-state index in [0.717, 1.165) is 28.4 Å². The molecule has 2 aromatic carbocycles. The van der Waals surface area contributed by atoms with Crippen LogP contribution in [0.1, 0.15) is 148 Å². The second-order valence-electron chi connectivity index (χ2n) is 17.4. The van der Waals surface area contributed by atoms with Gasteiger partial charge in [0.25, 0.3) is 5.91 Å². The van der Waals surface area contributed by atoms with E-state index in [-0.39, 0.29) is 47.3 Å². The molecule has 0 saturated carbocycles. The number of carbonyl (C=O) groups is 4. The number of allylic oxidation sites excluding steroid dienone is 2. The monoisotopic (exact) mass is 767 g/mol. The first-order valence-electron chi connectivity index (χ1n) is 17.9. The molecule has 1 aliphatic carbocycles. The van der Waals surface area contributed by atoms with Crippen LogP contribution in [-0.2, 0) is 25.7 Å². The zero-order valence-corrected chi connectivity index (χ0v) is 34.4. The number of hydrogen-bond donors (Lipinski definition) is 1. The van der Waals surface area contributed by atoms with E-state index in [2.05, 4.69) is 48.1 Å². The Bertz CT molecular complexity index is 1630. The Labute approximate surface area is 313 Å². The Morgan fingerprint density at radius 3 is 1.90 bits per heavy atom. The molecule has 4 atom stereocenters. The summed E-state index contributed by atoms with van der Waals surface area (Å²) in [6.45, 7) is 24.3. The third-order valence-electron chi connectivity index (χ3n) is 9.03. The summed E-state index contributed by atoms with van der Waals surface area (Å²) in [4.78, 5) is 54.9. The molecule has 0 unspecified atom stereocenters. The first-order valence-corrected chi connectivity index (χ1v) is 18.7. The van der Waals surface area contributed by atoms with Gasteiger partial charge in [0.2, 0.25) is 0 Å². The van der Waals surface area contributed by atoms with Crippen molar-refractivity contribution in [1.82, 2.24) is 5.32 Å². The quantitative estimate of drug-likeness (QED) is 0.146. The first-order chi connectivity index (χ1) is 23.4. The molecule has 0 heterocycles. The largest absolute Gasteiger partial charge is 0.461 e. The number of amides is 1. The van der Waals surface area contributed by atoms with Crippen molar-refractivity contribution < 1.29 is 33.4 Å². The van der Waals surface area contributed by atoms with Crippen molar-refractivity contribution in [3.63, 3.8) is 0 Å². The van der Waals surface area contributed by atoms with E-state index in [0.29, 0.717) is 12.0 Å². The van der Waals surface area contributed by atoms with Crippen molar-refractivity contribution in [2.45, 2.75) is 134 Å². The van der Waals surface area contributed by atoms with Gasteiger partial charge in [0.05, 0.1) is 21.8 Å². The molecule has 2 aromatic rings. The number of hydrogen-bond acceptors (Lipinski definition) is 7. The van der Waals surface area contributed by atoms with Crippen molar-refractivity contribution >= 4 is 39.7 Å². The highest BCUT2D eigenvalue weighted by Gasteiger charge is 2.44. The van der Waals surface area contributed by atoms with Gasteiger partial charge in [-0.2, -0.15) is 0 Å². The molecule has 0 saturated heterocycles. The molecule has 1 amide bonds. The molecule has 1 aliphatic rings. The fourth-order valence-electron chi connectivity index (χ4n) is 5.94. The Hall–Kier alpha value is -3.46. The van der Waals surface area contributed by atoms with Crippen molar-refractivity contribution in [3.05, 3.63) is 68.7 Å². The summed E-state index contributed by atoms with van der Waals surface area (Å²) in [5.41, 5.74) is 1.01. The van der Waals surface area contributed by atoms with Gasteiger partial charge in [-0.3, -0.25) is 19.2 Å². The minimum atomic E-state index is -0.924. The van der Waals surface area contributed by atoms with Gasteiger partial charge in [-0.05, 0) is 137 Å². The Kier molecular flexibility index (Phi) is 13.6. The normalized spacial score (nSPS) is 18.2. The predicted octanol–water partition coefficient (Wildman–Crippen LogP) is 10.2. The molecule has 280 valence electrons. The standard InChI is InChI=1S/C42H58BrNO7/c1-24(2)15-14-16-25(3)32-29-22-30(36(45)44-23-27-17-19-28(43)20-18-27)34(50-38(47)41(8,9)10)35(51-39(48)42(11,12)13)33(29)26(4)21-31(32)49-37(46)40(5,6)7/h15,17-20,22,25-26,31-32H,14,16,21,23H2,1-13H3,(H,44,45)/t25-,26+,31+,32-/m0/s1. The predicted molar refractivity (Wildman–Crippen MR) is 205 cm³/mol. The summed E-state index contributed by atoms with van der Waals surface area (Å²) in [5.74, 6) is -2.58. The van der Waals surface area contributed by atoms with Gasteiger partial charge in [0.1, 0.15) is 6.10 Å². The Morgan fingerprint density at radius 2 is 1.39 bits per heavy atom. The maximum atomic E-state index is 14.3. The van der Waals surface area contributed by atoms with E-state index in [1.54, 1.807) is 47.6 Å². The average molecular weight is 769 g/mol. The molecule has 0 aliphatic heterocycles. The molecule has 0 radical (unpaired) electrons. The number of benzene rings is 2. The van der Waals surface area contributed by atoms with Crippen LogP contribution in [0.25, 0.3) is 0 Å². The lowest BCUT2D eigenvalue weighted by Crippen LogP contribution is -2.39. The maximum absolute atomic E-state index is 14.3. The fraction of sp³-hybridized carbons (Fsp3) is 0.571. The van der Waals surface area contributed by atoms with Gasteiger partial charge in [0, 0.05) is 22.5 Å². The van der Waals surface area contributed by atoms with Gasteiger partial charge in [0.15, 0.2) is 11.5 Å². The number of ether oxygens (including phenoxy) is 3. The maximum Gasteiger partial charge on any atom is 0.316 e. The van der Waals surface area contributed by atoms with Gasteiger partial charge in [-0.25, -0.2) is 0 Å². The number of halogens is 1. The molecule has 1 N–H and O–H groups in total. The van der Waals surface area contributed by atoms with Crippen molar-refractivity contribution in [2.24, 2.45) is 22.2 Å². The molecule has 0 fully saturated rings. The molecular formula is C42H58BrNO7.